The summed E-state index contributed by atoms with van der Waals surface area (Å²) in [6, 6.07) is -0.00111. The number of likely N-dealkylation sites (tertiary alicyclic amines) is 1. The highest BCUT2D eigenvalue weighted by Gasteiger charge is 2.35. The number of hydrogen-bond acceptors (Lipinski definition) is 4. The zero-order chi connectivity index (χ0) is 11.5. The van der Waals surface area contributed by atoms with Gasteiger partial charge in [-0.15, -0.1) is 11.3 Å². The van der Waals surface area contributed by atoms with Crippen molar-refractivity contribution in [3.63, 3.8) is 0 Å². The standard InChI is InChI=1S/C11H17N3OS/c1-2-5-14-10(15)4-3-8(12)11(14)9-6-16-7-13-9/h6-8,11H,2-5,12H2,1H3. The Balaban J connectivity index is 2.25. The highest BCUT2D eigenvalue weighted by atomic mass is 32.1. The van der Waals surface area contributed by atoms with Gasteiger partial charge in [-0.25, -0.2) is 4.98 Å². The van der Waals surface area contributed by atoms with Gasteiger partial charge in [-0.1, -0.05) is 6.92 Å². The molecule has 2 N–H and O–H groups in total. The van der Waals surface area contributed by atoms with Crippen LogP contribution in [-0.4, -0.2) is 28.4 Å². The van der Waals surface area contributed by atoms with Crippen LogP contribution in [0.2, 0.25) is 0 Å². The molecular weight excluding hydrogens is 222 g/mol. The molecule has 0 radical (unpaired) electrons. The van der Waals surface area contributed by atoms with Crippen LogP contribution >= 0.6 is 11.3 Å². The molecule has 2 heterocycles. The highest BCUT2D eigenvalue weighted by molar-refractivity contribution is 7.07. The van der Waals surface area contributed by atoms with Crippen molar-refractivity contribution < 1.29 is 4.79 Å². The van der Waals surface area contributed by atoms with Crippen molar-refractivity contribution in [1.29, 1.82) is 0 Å². The first-order chi connectivity index (χ1) is 7.74. The van der Waals surface area contributed by atoms with Crippen LogP contribution in [0.5, 0.6) is 0 Å². The summed E-state index contributed by atoms with van der Waals surface area (Å²) in [4.78, 5) is 18.1. The van der Waals surface area contributed by atoms with Gasteiger partial charge in [0, 0.05) is 24.4 Å². The Bertz CT molecular complexity index is 352. The maximum Gasteiger partial charge on any atom is 0.223 e. The monoisotopic (exact) mass is 239 g/mol. The highest BCUT2D eigenvalue weighted by Crippen LogP contribution is 2.30. The maximum atomic E-state index is 11.9. The Morgan fingerprint density at radius 3 is 3.12 bits per heavy atom. The zero-order valence-electron chi connectivity index (χ0n) is 9.43. The summed E-state index contributed by atoms with van der Waals surface area (Å²) in [6.45, 7) is 2.85. The fourth-order valence-corrected chi connectivity index (χ4v) is 2.81. The second-order valence-electron chi connectivity index (χ2n) is 4.15. The minimum absolute atomic E-state index is 0.0198. The lowest BCUT2D eigenvalue weighted by Gasteiger charge is -2.38. The summed E-state index contributed by atoms with van der Waals surface area (Å²) < 4.78 is 0. The summed E-state index contributed by atoms with van der Waals surface area (Å²) in [6.07, 6.45) is 2.29. The van der Waals surface area contributed by atoms with Gasteiger partial charge in [0.1, 0.15) is 0 Å². The van der Waals surface area contributed by atoms with Crippen LogP contribution in [0.4, 0.5) is 0 Å². The number of aromatic nitrogens is 1. The fraction of sp³-hybridized carbons (Fsp3) is 0.636. The molecule has 1 saturated heterocycles. The van der Waals surface area contributed by atoms with E-state index in [2.05, 4.69) is 11.9 Å². The number of nitrogens with two attached hydrogens (primary N) is 1. The minimum Gasteiger partial charge on any atom is -0.332 e. The smallest absolute Gasteiger partial charge is 0.223 e. The summed E-state index contributed by atoms with van der Waals surface area (Å²) in [5, 5.41) is 1.99. The Kier molecular flexibility index (Phi) is 3.56. The van der Waals surface area contributed by atoms with Crippen molar-refractivity contribution in [2.45, 2.75) is 38.3 Å². The van der Waals surface area contributed by atoms with Crippen LogP contribution in [0, 0.1) is 0 Å². The van der Waals surface area contributed by atoms with E-state index in [-0.39, 0.29) is 18.0 Å². The van der Waals surface area contributed by atoms with E-state index in [1.165, 1.54) is 0 Å². The van der Waals surface area contributed by atoms with Crippen molar-refractivity contribution in [3.05, 3.63) is 16.6 Å². The molecule has 1 fully saturated rings. The van der Waals surface area contributed by atoms with E-state index in [1.807, 2.05) is 10.3 Å². The molecule has 0 aliphatic carbocycles. The number of thiazole rings is 1. The molecule has 1 aliphatic heterocycles. The second kappa shape index (κ2) is 4.93. The van der Waals surface area contributed by atoms with Gasteiger partial charge in [-0.3, -0.25) is 4.79 Å². The molecule has 1 aromatic rings. The van der Waals surface area contributed by atoms with Crippen LogP contribution in [0.3, 0.4) is 0 Å². The number of hydrogen-bond donors (Lipinski definition) is 1. The minimum atomic E-state index is -0.0209. The molecule has 2 unspecified atom stereocenters. The molecule has 5 heteroatoms. The van der Waals surface area contributed by atoms with Gasteiger partial charge in [0.25, 0.3) is 0 Å². The van der Waals surface area contributed by atoms with Crippen LogP contribution in [0.15, 0.2) is 10.9 Å². The van der Waals surface area contributed by atoms with Gasteiger partial charge in [-0.2, -0.15) is 0 Å². The Labute approximate surface area is 99.5 Å². The van der Waals surface area contributed by atoms with Gasteiger partial charge in [0.05, 0.1) is 17.2 Å². The van der Waals surface area contributed by atoms with E-state index in [4.69, 9.17) is 5.73 Å². The molecule has 0 saturated carbocycles. The summed E-state index contributed by atoms with van der Waals surface area (Å²) in [5.74, 6) is 0.210. The average Bonchev–Trinajstić information content (AvgIpc) is 2.77. The number of rotatable bonds is 3. The van der Waals surface area contributed by atoms with Gasteiger partial charge in [0.2, 0.25) is 5.91 Å². The lowest BCUT2D eigenvalue weighted by atomic mass is 9.94. The van der Waals surface area contributed by atoms with Crippen LogP contribution in [-0.2, 0) is 4.79 Å². The van der Waals surface area contributed by atoms with E-state index in [9.17, 15) is 4.79 Å². The van der Waals surface area contributed by atoms with Crippen molar-refractivity contribution in [3.8, 4) is 0 Å². The third-order valence-corrected chi connectivity index (χ3v) is 3.58. The Hall–Kier alpha value is -0.940. The second-order valence-corrected chi connectivity index (χ2v) is 4.87. The van der Waals surface area contributed by atoms with E-state index in [0.29, 0.717) is 6.42 Å². The molecule has 2 atom stereocenters. The lowest BCUT2D eigenvalue weighted by molar-refractivity contribution is -0.137. The van der Waals surface area contributed by atoms with Crippen molar-refractivity contribution in [2.75, 3.05) is 6.54 Å². The van der Waals surface area contributed by atoms with Gasteiger partial charge in [0.15, 0.2) is 0 Å². The molecule has 1 aliphatic rings. The Morgan fingerprint density at radius 2 is 2.50 bits per heavy atom. The SMILES string of the molecule is CCCN1C(=O)CCC(N)C1c1cscn1. The summed E-state index contributed by atoms with van der Waals surface area (Å²) in [7, 11) is 0. The zero-order valence-corrected chi connectivity index (χ0v) is 10.2. The van der Waals surface area contributed by atoms with Gasteiger partial charge >= 0.3 is 0 Å². The van der Waals surface area contributed by atoms with Gasteiger partial charge in [-0.05, 0) is 12.8 Å². The predicted octanol–water partition coefficient (Wildman–Crippen LogP) is 1.54. The lowest BCUT2D eigenvalue weighted by Crippen LogP contribution is -2.49. The number of nitrogens with zero attached hydrogens (tertiary/aromatic N) is 2. The van der Waals surface area contributed by atoms with Crippen LogP contribution in [0.1, 0.15) is 37.9 Å². The van der Waals surface area contributed by atoms with Crippen molar-refractivity contribution in [1.82, 2.24) is 9.88 Å². The molecule has 2 rings (SSSR count). The predicted molar refractivity (Wildman–Crippen MR) is 64.1 cm³/mol. The number of amides is 1. The molecule has 0 bridgehead atoms. The average molecular weight is 239 g/mol. The first-order valence-electron chi connectivity index (χ1n) is 5.67. The van der Waals surface area contributed by atoms with E-state index < -0.39 is 0 Å². The van der Waals surface area contributed by atoms with Crippen LogP contribution in [0.25, 0.3) is 0 Å². The molecule has 16 heavy (non-hydrogen) atoms. The van der Waals surface area contributed by atoms with E-state index >= 15 is 0 Å². The molecule has 1 aromatic heterocycles. The quantitative estimate of drug-likeness (QED) is 0.870. The first-order valence-corrected chi connectivity index (χ1v) is 6.61. The van der Waals surface area contributed by atoms with Crippen molar-refractivity contribution >= 4 is 17.2 Å². The molecule has 0 aromatic carbocycles. The third kappa shape index (κ3) is 2.10. The maximum absolute atomic E-state index is 11.9. The summed E-state index contributed by atoms with van der Waals surface area (Å²) in [5.41, 5.74) is 8.86. The largest absolute Gasteiger partial charge is 0.332 e. The molecule has 0 spiro atoms. The molecular formula is C11H17N3OS. The van der Waals surface area contributed by atoms with Crippen molar-refractivity contribution in [2.24, 2.45) is 5.73 Å². The third-order valence-electron chi connectivity index (χ3n) is 2.97. The van der Waals surface area contributed by atoms with E-state index in [1.54, 1.807) is 16.8 Å². The number of carbonyl (C=O) groups excluding carboxylic acids is 1. The number of piperidine rings is 1. The topological polar surface area (TPSA) is 59.2 Å². The summed E-state index contributed by atoms with van der Waals surface area (Å²) >= 11 is 1.55. The molecule has 1 amide bonds. The molecule has 4 nitrogen and oxygen atoms in total. The first kappa shape index (κ1) is 11.5. The fourth-order valence-electron chi connectivity index (χ4n) is 2.23. The Morgan fingerprint density at radius 1 is 1.69 bits per heavy atom. The van der Waals surface area contributed by atoms with E-state index in [0.717, 1.165) is 25.1 Å². The molecule has 88 valence electrons. The normalized spacial score (nSPS) is 26.1. The number of carbonyl (C=O) groups is 1. The van der Waals surface area contributed by atoms with Gasteiger partial charge < -0.3 is 10.6 Å². The van der Waals surface area contributed by atoms with Crippen LogP contribution < -0.4 is 5.73 Å².